The van der Waals surface area contributed by atoms with Crippen molar-refractivity contribution in [2.45, 2.75) is 46.2 Å². The lowest BCUT2D eigenvalue weighted by Crippen LogP contribution is -2.35. The highest BCUT2D eigenvalue weighted by Gasteiger charge is 2.14. The number of ether oxygens (including phenoxy) is 1. The van der Waals surface area contributed by atoms with E-state index in [0.717, 1.165) is 17.6 Å². The lowest BCUT2D eigenvalue weighted by molar-refractivity contribution is 0.315. The van der Waals surface area contributed by atoms with Gasteiger partial charge in [0.25, 0.3) is 0 Å². The fraction of sp³-hybridized carbons (Fsp3) is 0.500. The predicted molar refractivity (Wildman–Crippen MR) is 88.0 cm³/mol. The molecule has 0 atom stereocenters. The van der Waals surface area contributed by atoms with Gasteiger partial charge in [-0.2, -0.15) is 0 Å². The third-order valence-corrected chi connectivity index (χ3v) is 3.17. The molecule has 0 heterocycles. The van der Waals surface area contributed by atoms with Gasteiger partial charge in [0.15, 0.2) is 0 Å². The van der Waals surface area contributed by atoms with Crippen LogP contribution >= 0.6 is 23.2 Å². The van der Waals surface area contributed by atoms with Crippen LogP contribution in [0.2, 0.25) is 10.0 Å². The molecule has 0 amide bonds. The Morgan fingerprint density at radius 2 is 1.95 bits per heavy atom. The van der Waals surface area contributed by atoms with E-state index in [9.17, 15) is 0 Å². The van der Waals surface area contributed by atoms with E-state index in [1.54, 1.807) is 6.07 Å². The van der Waals surface area contributed by atoms with Crippen LogP contribution in [0.25, 0.3) is 0 Å². The maximum Gasteiger partial charge on any atom is 0.142 e. The molecule has 0 saturated carbocycles. The highest BCUT2D eigenvalue weighted by molar-refractivity contribution is 6.35. The quantitative estimate of drug-likeness (QED) is 0.726. The Kier molecular flexibility index (Phi) is 6.38. The van der Waals surface area contributed by atoms with Crippen molar-refractivity contribution in [2.24, 2.45) is 0 Å². The van der Waals surface area contributed by atoms with Gasteiger partial charge in [-0.05, 0) is 39.8 Å². The molecule has 4 heteroatoms. The topological polar surface area (TPSA) is 21.3 Å². The van der Waals surface area contributed by atoms with E-state index in [4.69, 9.17) is 27.9 Å². The van der Waals surface area contributed by atoms with E-state index in [1.807, 2.05) is 13.0 Å². The SMILES string of the molecule is C=C(C)CCOc1c(Cl)cc(Cl)cc1CNC(C)(C)C. The van der Waals surface area contributed by atoms with Gasteiger partial charge in [0.05, 0.1) is 11.6 Å². The number of benzene rings is 1. The van der Waals surface area contributed by atoms with Gasteiger partial charge in [0.2, 0.25) is 0 Å². The van der Waals surface area contributed by atoms with Crippen LogP contribution in [0.3, 0.4) is 0 Å². The molecule has 0 saturated heterocycles. The zero-order chi connectivity index (χ0) is 15.3. The molecule has 0 spiro atoms. The van der Waals surface area contributed by atoms with Crippen LogP contribution in [0.1, 0.15) is 39.7 Å². The molecular formula is C16H23Cl2NO. The fourth-order valence-electron chi connectivity index (χ4n) is 1.59. The summed E-state index contributed by atoms with van der Waals surface area (Å²) < 4.78 is 5.81. The summed E-state index contributed by atoms with van der Waals surface area (Å²) in [6.45, 7) is 13.4. The molecule has 1 rings (SSSR count). The molecule has 0 aromatic heterocycles. The monoisotopic (exact) mass is 315 g/mol. The highest BCUT2D eigenvalue weighted by atomic mass is 35.5. The van der Waals surface area contributed by atoms with Gasteiger partial charge >= 0.3 is 0 Å². The minimum Gasteiger partial charge on any atom is -0.491 e. The molecule has 112 valence electrons. The molecule has 0 bridgehead atoms. The van der Waals surface area contributed by atoms with Crippen molar-refractivity contribution < 1.29 is 4.74 Å². The number of halogens is 2. The second-order valence-corrected chi connectivity index (χ2v) is 6.88. The second kappa shape index (κ2) is 7.35. The predicted octanol–water partition coefficient (Wildman–Crippen LogP) is 5.23. The molecule has 1 N–H and O–H groups in total. The average molecular weight is 316 g/mol. The third-order valence-electron chi connectivity index (χ3n) is 2.67. The van der Waals surface area contributed by atoms with Gasteiger partial charge in [-0.25, -0.2) is 0 Å². The van der Waals surface area contributed by atoms with E-state index in [0.29, 0.717) is 28.9 Å². The Hall–Kier alpha value is -0.700. The Morgan fingerprint density at radius 1 is 1.30 bits per heavy atom. The standard InChI is InChI=1S/C16H23Cl2NO/c1-11(2)6-7-20-15-12(10-19-16(3,4)5)8-13(17)9-14(15)18/h8-9,19H,1,6-7,10H2,2-5H3. The first kappa shape index (κ1) is 17.4. The molecule has 0 aliphatic rings. The molecule has 20 heavy (non-hydrogen) atoms. The van der Waals surface area contributed by atoms with Crippen LogP contribution in [0, 0.1) is 0 Å². The Morgan fingerprint density at radius 3 is 2.50 bits per heavy atom. The summed E-state index contributed by atoms with van der Waals surface area (Å²) in [7, 11) is 0. The lowest BCUT2D eigenvalue weighted by Gasteiger charge is -2.22. The van der Waals surface area contributed by atoms with Crippen molar-refractivity contribution in [3.05, 3.63) is 39.9 Å². The summed E-state index contributed by atoms with van der Waals surface area (Å²) in [5, 5.41) is 4.58. The maximum absolute atomic E-state index is 6.24. The molecule has 0 aliphatic carbocycles. The molecule has 2 nitrogen and oxygen atoms in total. The van der Waals surface area contributed by atoms with Crippen molar-refractivity contribution in [3.8, 4) is 5.75 Å². The summed E-state index contributed by atoms with van der Waals surface area (Å²) in [6, 6.07) is 3.60. The Balaban J connectivity index is 2.87. The van der Waals surface area contributed by atoms with Crippen molar-refractivity contribution in [1.82, 2.24) is 5.32 Å². The van der Waals surface area contributed by atoms with Crippen molar-refractivity contribution in [2.75, 3.05) is 6.61 Å². The summed E-state index contributed by atoms with van der Waals surface area (Å²) in [6.07, 6.45) is 0.811. The zero-order valence-electron chi connectivity index (χ0n) is 12.6. The van der Waals surface area contributed by atoms with E-state index >= 15 is 0 Å². The highest BCUT2D eigenvalue weighted by Crippen LogP contribution is 2.33. The van der Waals surface area contributed by atoms with Crippen LogP contribution < -0.4 is 10.1 Å². The van der Waals surface area contributed by atoms with Gasteiger partial charge in [0.1, 0.15) is 5.75 Å². The van der Waals surface area contributed by atoms with Crippen LogP contribution in [0.5, 0.6) is 5.75 Å². The molecule has 0 unspecified atom stereocenters. The van der Waals surface area contributed by atoms with Gasteiger partial charge in [-0.3, -0.25) is 0 Å². The minimum absolute atomic E-state index is 0.0176. The summed E-state index contributed by atoms with van der Waals surface area (Å²) in [4.78, 5) is 0. The van der Waals surface area contributed by atoms with E-state index < -0.39 is 0 Å². The number of hydrogen-bond donors (Lipinski definition) is 1. The first-order valence-corrected chi connectivity index (χ1v) is 7.45. The van der Waals surface area contributed by atoms with Crippen molar-refractivity contribution >= 4 is 23.2 Å². The molecule has 1 aromatic carbocycles. The average Bonchev–Trinajstić information content (AvgIpc) is 2.27. The van der Waals surface area contributed by atoms with Crippen LogP contribution in [-0.2, 0) is 6.54 Å². The van der Waals surface area contributed by atoms with E-state index in [1.165, 1.54) is 0 Å². The van der Waals surface area contributed by atoms with E-state index in [2.05, 4.69) is 32.7 Å². The van der Waals surface area contributed by atoms with Crippen LogP contribution in [-0.4, -0.2) is 12.1 Å². The van der Waals surface area contributed by atoms with E-state index in [-0.39, 0.29) is 5.54 Å². The lowest BCUT2D eigenvalue weighted by atomic mass is 10.1. The number of rotatable bonds is 6. The molecule has 1 aromatic rings. The van der Waals surface area contributed by atoms with Gasteiger partial charge < -0.3 is 10.1 Å². The first-order chi connectivity index (χ1) is 9.19. The fourth-order valence-corrected chi connectivity index (χ4v) is 2.18. The largest absolute Gasteiger partial charge is 0.491 e. The van der Waals surface area contributed by atoms with Crippen LogP contribution in [0.15, 0.2) is 24.3 Å². The first-order valence-electron chi connectivity index (χ1n) is 6.69. The molecule has 0 radical (unpaired) electrons. The van der Waals surface area contributed by atoms with Crippen LogP contribution in [0.4, 0.5) is 0 Å². The zero-order valence-corrected chi connectivity index (χ0v) is 14.2. The summed E-state index contributed by atoms with van der Waals surface area (Å²) in [5.74, 6) is 0.703. The van der Waals surface area contributed by atoms with Gasteiger partial charge in [0, 0.05) is 29.1 Å². The number of nitrogens with one attached hydrogen (secondary N) is 1. The second-order valence-electron chi connectivity index (χ2n) is 6.03. The van der Waals surface area contributed by atoms with Gasteiger partial charge in [-0.15, -0.1) is 6.58 Å². The maximum atomic E-state index is 6.24. The Bertz CT molecular complexity index is 478. The molecule has 0 fully saturated rings. The minimum atomic E-state index is 0.0176. The molecule has 0 aliphatic heterocycles. The van der Waals surface area contributed by atoms with Crippen molar-refractivity contribution in [1.29, 1.82) is 0 Å². The summed E-state index contributed by atoms with van der Waals surface area (Å²) >= 11 is 12.3. The molecular weight excluding hydrogens is 293 g/mol. The van der Waals surface area contributed by atoms with Gasteiger partial charge in [-0.1, -0.05) is 28.8 Å². The summed E-state index contributed by atoms with van der Waals surface area (Å²) in [5.41, 5.74) is 2.08. The number of hydrogen-bond acceptors (Lipinski definition) is 2. The van der Waals surface area contributed by atoms with Crippen molar-refractivity contribution in [3.63, 3.8) is 0 Å². The third kappa shape index (κ3) is 6.17. The smallest absolute Gasteiger partial charge is 0.142 e. The Labute approximate surface area is 132 Å². The normalized spacial score (nSPS) is 11.5.